The molecular formula is C22H26N6O3. The highest BCUT2D eigenvalue weighted by Gasteiger charge is 2.25. The first kappa shape index (κ1) is 20.7. The number of furan rings is 1. The van der Waals surface area contributed by atoms with Gasteiger partial charge in [0.05, 0.1) is 25.6 Å². The van der Waals surface area contributed by atoms with Gasteiger partial charge in [0.1, 0.15) is 6.10 Å². The number of hydrogen-bond acceptors (Lipinski definition) is 5. The van der Waals surface area contributed by atoms with Gasteiger partial charge in [0.25, 0.3) is 5.91 Å². The maximum absolute atomic E-state index is 12.1. The Morgan fingerprint density at radius 2 is 2.13 bits per heavy atom. The van der Waals surface area contributed by atoms with Gasteiger partial charge in [-0.3, -0.25) is 14.5 Å². The Morgan fingerprint density at radius 1 is 1.29 bits per heavy atom. The monoisotopic (exact) mass is 422 g/mol. The van der Waals surface area contributed by atoms with Crippen LogP contribution in [0.4, 0.5) is 5.69 Å². The minimum absolute atomic E-state index is 0.0296. The number of anilines is 1. The molecule has 162 valence electrons. The standard InChI is InChI=1S/C22H26N6O3/c1-23-22(28-9-11-31-20(15-28)17-13-25-27(2)14-17)24-12-16-5-7-18(8-6-16)26-21(29)19-4-3-10-30-19/h3-8,10,13-14,20H,9,11-12,15H2,1-2H3,(H,23,24)(H,26,29). The van der Waals surface area contributed by atoms with Crippen LogP contribution < -0.4 is 10.6 Å². The Hall–Kier alpha value is -3.59. The molecule has 0 saturated carbocycles. The van der Waals surface area contributed by atoms with Crippen LogP contribution in [0.2, 0.25) is 0 Å². The number of nitrogens with zero attached hydrogens (tertiary/aromatic N) is 4. The fourth-order valence-electron chi connectivity index (χ4n) is 3.47. The van der Waals surface area contributed by atoms with Crippen LogP contribution in [-0.2, 0) is 18.3 Å². The van der Waals surface area contributed by atoms with Gasteiger partial charge in [0.15, 0.2) is 11.7 Å². The predicted octanol–water partition coefficient (Wildman–Crippen LogP) is 2.41. The molecule has 0 bridgehead atoms. The molecule has 1 saturated heterocycles. The lowest BCUT2D eigenvalue weighted by Crippen LogP contribution is -2.47. The van der Waals surface area contributed by atoms with Gasteiger partial charge >= 0.3 is 0 Å². The van der Waals surface area contributed by atoms with Crippen LogP contribution in [0.1, 0.15) is 27.8 Å². The number of amides is 1. The predicted molar refractivity (Wildman–Crippen MR) is 117 cm³/mol. The molecular weight excluding hydrogens is 396 g/mol. The molecule has 2 N–H and O–H groups in total. The van der Waals surface area contributed by atoms with E-state index in [1.165, 1.54) is 6.26 Å². The second-order valence-electron chi connectivity index (χ2n) is 7.28. The number of morpholine rings is 1. The van der Waals surface area contributed by atoms with Crippen molar-refractivity contribution < 1.29 is 13.9 Å². The number of aryl methyl sites for hydroxylation is 1. The van der Waals surface area contributed by atoms with Crippen LogP contribution in [0.5, 0.6) is 0 Å². The molecule has 3 aromatic rings. The van der Waals surface area contributed by atoms with Crippen molar-refractivity contribution in [1.29, 1.82) is 0 Å². The Kier molecular flexibility index (Phi) is 6.32. The molecule has 2 aromatic heterocycles. The fraction of sp³-hybridized carbons (Fsp3) is 0.318. The first-order valence-corrected chi connectivity index (χ1v) is 10.1. The highest BCUT2D eigenvalue weighted by atomic mass is 16.5. The van der Waals surface area contributed by atoms with E-state index in [2.05, 4.69) is 25.6 Å². The van der Waals surface area contributed by atoms with Gasteiger partial charge in [-0.25, -0.2) is 0 Å². The number of benzene rings is 1. The number of aromatic nitrogens is 2. The Balaban J connectivity index is 1.31. The number of guanidine groups is 1. The lowest BCUT2D eigenvalue weighted by atomic mass is 10.1. The van der Waals surface area contributed by atoms with Crippen molar-refractivity contribution in [1.82, 2.24) is 20.0 Å². The number of carbonyl (C=O) groups excluding carboxylic acids is 1. The first-order valence-electron chi connectivity index (χ1n) is 10.1. The average molecular weight is 422 g/mol. The van der Waals surface area contributed by atoms with E-state index in [1.54, 1.807) is 23.9 Å². The zero-order chi connectivity index (χ0) is 21.6. The molecule has 4 rings (SSSR count). The molecule has 1 unspecified atom stereocenters. The number of hydrogen-bond donors (Lipinski definition) is 2. The second kappa shape index (κ2) is 9.48. The molecule has 1 amide bonds. The molecule has 1 aromatic carbocycles. The van der Waals surface area contributed by atoms with Crippen LogP contribution in [-0.4, -0.2) is 53.3 Å². The zero-order valence-corrected chi connectivity index (χ0v) is 17.6. The molecule has 0 aliphatic carbocycles. The van der Waals surface area contributed by atoms with Gasteiger partial charge < -0.3 is 24.7 Å². The molecule has 1 aliphatic heterocycles. The van der Waals surface area contributed by atoms with E-state index < -0.39 is 0 Å². The van der Waals surface area contributed by atoms with Crippen molar-refractivity contribution in [2.24, 2.45) is 12.0 Å². The Morgan fingerprint density at radius 3 is 2.81 bits per heavy atom. The summed E-state index contributed by atoms with van der Waals surface area (Å²) in [4.78, 5) is 18.7. The van der Waals surface area contributed by atoms with E-state index in [0.717, 1.165) is 23.6 Å². The quantitative estimate of drug-likeness (QED) is 0.484. The van der Waals surface area contributed by atoms with Crippen molar-refractivity contribution >= 4 is 17.6 Å². The number of nitrogens with one attached hydrogen (secondary N) is 2. The lowest BCUT2D eigenvalue weighted by molar-refractivity contribution is -0.00805. The molecule has 1 atom stereocenters. The van der Waals surface area contributed by atoms with Gasteiger partial charge in [-0.05, 0) is 29.8 Å². The van der Waals surface area contributed by atoms with E-state index in [0.29, 0.717) is 25.4 Å². The lowest BCUT2D eigenvalue weighted by Gasteiger charge is -2.34. The van der Waals surface area contributed by atoms with E-state index in [4.69, 9.17) is 9.15 Å². The summed E-state index contributed by atoms with van der Waals surface area (Å²) in [6.07, 6.45) is 5.27. The molecule has 0 spiro atoms. The van der Waals surface area contributed by atoms with E-state index in [-0.39, 0.29) is 17.8 Å². The molecule has 1 aliphatic rings. The SMILES string of the molecule is CN=C(NCc1ccc(NC(=O)c2ccco2)cc1)N1CCOC(c2cnn(C)c2)C1. The van der Waals surface area contributed by atoms with E-state index in [9.17, 15) is 4.79 Å². The van der Waals surface area contributed by atoms with Crippen LogP contribution in [0.3, 0.4) is 0 Å². The number of rotatable bonds is 5. The van der Waals surface area contributed by atoms with Crippen LogP contribution in [0, 0.1) is 0 Å². The van der Waals surface area contributed by atoms with Crippen molar-refractivity contribution in [2.45, 2.75) is 12.6 Å². The van der Waals surface area contributed by atoms with Gasteiger partial charge in [0.2, 0.25) is 0 Å². The average Bonchev–Trinajstić information content (AvgIpc) is 3.48. The summed E-state index contributed by atoms with van der Waals surface area (Å²) < 4.78 is 12.8. The van der Waals surface area contributed by atoms with Gasteiger partial charge in [-0.15, -0.1) is 0 Å². The highest BCUT2D eigenvalue weighted by Crippen LogP contribution is 2.21. The normalized spacial score (nSPS) is 16.9. The fourth-order valence-corrected chi connectivity index (χ4v) is 3.47. The molecule has 31 heavy (non-hydrogen) atoms. The molecule has 3 heterocycles. The van der Waals surface area contributed by atoms with Gasteiger partial charge in [-0.1, -0.05) is 12.1 Å². The van der Waals surface area contributed by atoms with Crippen molar-refractivity contribution in [2.75, 3.05) is 32.1 Å². The van der Waals surface area contributed by atoms with Crippen molar-refractivity contribution in [3.63, 3.8) is 0 Å². The van der Waals surface area contributed by atoms with E-state index >= 15 is 0 Å². The smallest absolute Gasteiger partial charge is 0.291 e. The third-order valence-corrected chi connectivity index (χ3v) is 5.08. The first-order chi connectivity index (χ1) is 15.1. The zero-order valence-electron chi connectivity index (χ0n) is 17.6. The number of carbonyl (C=O) groups is 1. The topological polar surface area (TPSA) is 96.9 Å². The minimum atomic E-state index is -0.272. The van der Waals surface area contributed by atoms with E-state index in [1.807, 2.05) is 43.7 Å². The largest absolute Gasteiger partial charge is 0.459 e. The summed E-state index contributed by atoms with van der Waals surface area (Å²) >= 11 is 0. The van der Waals surface area contributed by atoms with Gasteiger partial charge in [-0.2, -0.15) is 5.10 Å². The van der Waals surface area contributed by atoms with Crippen LogP contribution in [0.15, 0.2) is 64.5 Å². The number of aliphatic imine (C=N–C) groups is 1. The summed E-state index contributed by atoms with van der Waals surface area (Å²) in [5.74, 6) is 0.837. The number of ether oxygens (including phenoxy) is 1. The molecule has 9 nitrogen and oxygen atoms in total. The van der Waals surface area contributed by atoms with Crippen molar-refractivity contribution in [3.8, 4) is 0 Å². The highest BCUT2D eigenvalue weighted by molar-refractivity contribution is 6.02. The molecule has 1 fully saturated rings. The summed E-state index contributed by atoms with van der Waals surface area (Å²) in [5.41, 5.74) is 2.85. The summed E-state index contributed by atoms with van der Waals surface area (Å²) in [6.45, 7) is 2.73. The van der Waals surface area contributed by atoms with Crippen LogP contribution >= 0.6 is 0 Å². The summed E-state index contributed by atoms with van der Waals surface area (Å²) in [7, 11) is 3.68. The Labute approximate surface area is 180 Å². The summed E-state index contributed by atoms with van der Waals surface area (Å²) in [6, 6.07) is 11.0. The third-order valence-electron chi connectivity index (χ3n) is 5.08. The summed E-state index contributed by atoms with van der Waals surface area (Å²) in [5, 5.41) is 10.5. The minimum Gasteiger partial charge on any atom is -0.459 e. The maximum Gasteiger partial charge on any atom is 0.291 e. The maximum atomic E-state index is 12.1. The molecule has 0 radical (unpaired) electrons. The third kappa shape index (κ3) is 5.13. The molecule has 9 heteroatoms. The van der Waals surface area contributed by atoms with Crippen molar-refractivity contribution in [3.05, 3.63) is 71.9 Å². The Bertz CT molecular complexity index is 1030. The van der Waals surface area contributed by atoms with Gasteiger partial charge in [0, 0.05) is 44.6 Å². The second-order valence-corrected chi connectivity index (χ2v) is 7.28. The van der Waals surface area contributed by atoms with Crippen LogP contribution in [0.25, 0.3) is 0 Å².